The predicted octanol–water partition coefficient (Wildman–Crippen LogP) is 5.31. The van der Waals surface area contributed by atoms with Crippen LogP contribution in [-0.4, -0.2) is 40.8 Å². The quantitative estimate of drug-likeness (QED) is 0.368. The van der Waals surface area contributed by atoms with Crippen molar-refractivity contribution in [3.8, 4) is 11.3 Å². The molecule has 0 spiro atoms. The molecule has 0 radical (unpaired) electrons. The summed E-state index contributed by atoms with van der Waals surface area (Å²) in [6.07, 6.45) is 1.60. The number of aromatic nitrogens is 1. The van der Waals surface area contributed by atoms with Gasteiger partial charge in [0, 0.05) is 23.2 Å². The number of methoxy groups -OCH3 is 1. The molecule has 0 saturated carbocycles. The van der Waals surface area contributed by atoms with Crippen molar-refractivity contribution in [2.75, 3.05) is 12.4 Å². The van der Waals surface area contributed by atoms with Crippen molar-refractivity contribution in [1.82, 2.24) is 9.88 Å². The lowest BCUT2D eigenvalue weighted by Gasteiger charge is -2.28. The van der Waals surface area contributed by atoms with Gasteiger partial charge in [-0.25, -0.2) is 4.79 Å². The normalized spacial score (nSPS) is 13.5. The van der Waals surface area contributed by atoms with Gasteiger partial charge >= 0.3 is 5.97 Å². The van der Waals surface area contributed by atoms with Gasteiger partial charge in [-0.3, -0.25) is 14.6 Å². The van der Waals surface area contributed by atoms with Gasteiger partial charge in [-0.05, 0) is 52.6 Å². The molecule has 3 aromatic carbocycles. The maximum absolute atomic E-state index is 13.2. The first kappa shape index (κ1) is 24.2. The number of amides is 2. The van der Waals surface area contributed by atoms with Gasteiger partial charge < -0.3 is 15.0 Å². The zero-order valence-electron chi connectivity index (χ0n) is 20.9. The maximum atomic E-state index is 13.2. The van der Waals surface area contributed by atoms with E-state index in [1.807, 2.05) is 68.4 Å². The number of carbonyl (C=O) groups excluding carboxylic acids is 3. The SMILES string of the molecule is COC(=O)[C@H](C(C)C)N1Cc2ccc(-c3ccc(NC(=O)c4ccc5ccccc5c4)cn3)cc2C1=O. The first-order valence-electron chi connectivity index (χ1n) is 12.1. The number of nitrogens with zero attached hydrogens (tertiary/aromatic N) is 2. The molecule has 0 unspecified atom stereocenters. The Morgan fingerprint density at radius 1 is 0.973 bits per heavy atom. The van der Waals surface area contributed by atoms with Crippen LogP contribution in [0, 0.1) is 5.92 Å². The fourth-order valence-corrected chi connectivity index (χ4v) is 4.76. The molecule has 7 heteroatoms. The van der Waals surface area contributed by atoms with E-state index in [1.165, 1.54) is 7.11 Å². The van der Waals surface area contributed by atoms with Gasteiger partial charge in [0.05, 0.1) is 24.7 Å². The third-order valence-electron chi connectivity index (χ3n) is 6.68. The first-order valence-corrected chi connectivity index (χ1v) is 12.1. The lowest BCUT2D eigenvalue weighted by Crippen LogP contribution is -2.45. The molecule has 0 aliphatic carbocycles. The number of hydrogen-bond donors (Lipinski definition) is 1. The number of esters is 1. The lowest BCUT2D eigenvalue weighted by atomic mass is 10.0. The molecule has 186 valence electrons. The highest BCUT2D eigenvalue weighted by Crippen LogP contribution is 2.31. The number of hydrogen-bond acceptors (Lipinski definition) is 5. The summed E-state index contributed by atoms with van der Waals surface area (Å²) in [6, 6.07) is 22.0. The molecule has 7 nitrogen and oxygen atoms in total. The predicted molar refractivity (Wildman–Crippen MR) is 142 cm³/mol. The van der Waals surface area contributed by atoms with E-state index in [-0.39, 0.29) is 17.7 Å². The van der Waals surface area contributed by atoms with Crippen LogP contribution < -0.4 is 5.32 Å². The van der Waals surface area contributed by atoms with Crippen LogP contribution in [0.5, 0.6) is 0 Å². The molecule has 1 aromatic heterocycles. The Morgan fingerprint density at radius 3 is 2.46 bits per heavy atom. The topological polar surface area (TPSA) is 88.6 Å². The number of rotatable bonds is 6. The number of carbonyl (C=O) groups is 3. The molecular weight excluding hydrogens is 466 g/mol. The van der Waals surface area contributed by atoms with E-state index in [0.29, 0.717) is 29.1 Å². The van der Waals surface area contributed by atoms with Crippen molar-refractivity contribution in [3.63, 3.8) is 0 Å². The van der Waals surface area contributed by atoms with Crippen molar-refractivity contribution in [2.24, 2.45) is 5.92 Å². The van der Waals surface area contributed by atoms with Crippen molar-refractivity contribution >= 4 is 34.2 Å². The smallest absolute Gasteiger partial charge is 0.328 e. The number of pyridine rings is 1. The van der Waals surface area contributed by atoms with E-state index >= 15 is 0 Å². The van der Waals surface area contributed by atoms with E-state index < -0.39 is 12.0 Å². The van der Waals surface area contributed by atoms with Crippen molar-refractivity contribution < 1.29 is 19.1 Å². The van der Waals surface area contributed by atoms with Crippen molar-refractivity contribution in [1.29, 1.82) is 0 Å². The fourth-order valence-electron chi connectivity index (χ4n) is 4.76. The molecule has 2 amide bonds. The first-order chi connectivity index (χ1) is 17.9. The zero-order valence-corrected chi connectivity index (χ0v) is 20.9. The highest BCUT2D eigenvalue weighted by atomic mass is 16.5. The third kappa shape index (κ3) is 4.68. The largest absolute Gasteiger partial charge is 0.467 e. The Bertz CT molecular complexity index is 1510. The van der Waals surface area contributed by atoms with E-state index in [9.17, 15) is 14.4 Å². The molecule has 5 rings (SSSR count). The summed E-state index contributed by atoms with van der Waals surface area (Å²) in [4.78, 5) is 44.4. The minimum absolute atomic E-state index is 0.0794. The molecule has 1 aliphatic rings. The third-order valence-corrected chi connectivity index (χ3v) is 6.68. The molecule has 2 heterocycles. The number of ether oxygens (including phenoxy) is 1. The highest BCUT2D eigenvalue weighted by molar-refractivity contribution is 6.06. The van der Waals surface area contributed by atoms with Crippen LogP contribution in [0.25, 0.3) is 22.0 Å². The molecule has 1 aliphatic heterocycles. The average molecular weight is 494 g/mol. The molecular formula is C30H27N3O4. The highest BCUT2D eigenvalue weighted by Gasteiger charge is 2.38. The van der Waals surface area contributed by atoms with Crippen LogP contribution >= 0.6 is 0 Å². The Labute approximate surface area is 215 Å². The summed E-state index contributed by atoms with van der Waals surface area (Å²) < 4.78 is 4.94. The summed E-state index contributed by atoms with van der Waals surface area (Å²) in [7, 11) is 1.34. The minimum Gasteiger partial charge on any atom is -0.467 e. The second-order valence-electron chi connectivity index (χ2n) is 9.47. The van der Waals surface area contributed by atoms with E-state index in [2.05, 4.69) is 10.3 Å². The Kier molecular flexibility index (Phi) is 6.44. The molecule has 1 atom stereocenters. The zero-order chi connectivity index (χ0) is 26.1. The maximum Gasteiger partial charge on any atom is 0.328 e. The second-order valence-corrected chi connectivity index (χ2v) is 9.47. The van der Waals surface area contributed by atoms with Gasteiger partial charge in [0.15, 0.2) is 0 Å². The number of benzene rings is 3. The van der Waals surface area contributed by atoms with Crippen molar-refractivity contribution in [2.45, 2.75) is 26.4 Å². The van der Waals surface area contributed by atoms with Gasteiger partial charge in [-0.1, -0.05) is 56.3 Å². The van der Waals surface area contributed by atoms with Crippen LogP contribution in [-0.2, 0) is 16.1 Å². The van der Waals surface area contributed by atoms with E-state index in [4.69, 9.17) is 4.74 Å². The monoisotopic (exact) mass is 493 g/mol. The molecule has 0 saturated heterocycles. The standard InChI is InChI=1S/C30H27N3O4/c1-18(2)27(30(36)37-3)33-17-23-11-9-21(15-25(23)29(33)35)26-13-12-24(16-31-26)32-28(34)22-10-8-19-6-4-5-7-20(19)14-22/h4-16,18,27H,17H2,1-3H3,(H,32,34)/t27-/m0/s1. The van der Waals surface area contributed by atoms with Crippen molar-refractivity contribution in [3.05, 3.63) is 95.7 Å². The van der Waals surface area contributed by atoms with Crippen LogP contribution in [0.15, 0.2) is 79.0 Å². The fraction of sp³-hybridized carbons (Fsp3) is 0.200. The number of anilines is 1. The minimum atomic E-state index is -0.642. The van der Waals surface area contributed by atoms with Crippen LogP contribution in [0.2, 0.25) is 0 Å². The summed E-state index contributed by atoms with van der Waals surface area (Å²) >= 11 is 0. The Hall–Kier alpha value is -4.52. The molecule has 0 fully saturated rings. The average Bonchev–Trinajstić information content (AvgIpc) is 3.23. The number of nitrogens with one attached hydrogen (secondary N) is 1. The van der Waals surface area contributed by atoms with Gasteiger partial charge in [0.1, 0.15) is 6.04 Å². The summed E-state index contributed by atoms with van der Waals surface area (Å²) in [5, 5.41) is 4.96. The summed E-state index contributed by atoms with van der Waals surface area (Å²) in [6.45, 7) is 4.15. The van der Waals surface area contributed by atoms with E-state index in [1.54, 1.807) is 29.3 Å². The second kappa shape index (κ2) is 9.85. The molecule has 0 bridgehead atoms. The Morgan fingerprint density at radius 2 is 1.76 bits per heavy atom. The van der Waals surface area contributed by atoms with Crippen LogP contribution in [0.1, 0.15) is 40.1 Å². The molecule has 1 N–H and O–H groups in total. The molecule has 37 heavy (non-hydrogen) atoms. The lowest BCUT2D eigenvalue weighted by molar-refractivity contribution is -0.147. The van der Waals surface area contributed by atoms with E-state index in [0.717, 1.165) is 21.9 Å². The Balaban J connectivity index is 1.32. The van der Waals surface area contributed by atoms with Crippen LogP contribution in [0.4, 0.5) is 5.69 Å². The summed E-state index contributed by atoms with van der Waals surface area (Å²) in [5.41, 5.74) is 4.01. The van der Waals surface area contributed by atoms with Gasteiger partial charge in [0.2, 0.25) is 0 Å². The van der Waals surface area contributed by atoms with Crippen LogP contribution in [0.3, 0.4) is 0 Å². The molecule has 4 aromatic rings. The summed E-state index contributed by atoms with van der Waals surface area (Å²) in [5.74, 6) is -0.905. The number of fused-ring (bicyclic) bond motifs is 2. The van der Waals surface area contributed by atoms with Gasteiger partial charge in [0.25, 0.3) is 11.8 Å². The van der Waals surface area contributed by atoms with Gasteiger partial charge in [-0.2, -0.15) is 0 Å². The van der Waals surface area contributed by atoms with Gasteiger partial charge in [-0.15, -0.1) is 0 Å².